The molecule has 1 aromatic heterocycles. The molecular formula is C16H19NO2. The number of carbonyl (C=O) groups excluding carboxylic acids is 1. The van der Waals surface area contributed by atoms with Gasteiger partial charge in [-0.15, -0.1) is 0 Å². The number of hydrogen-bond donors (Lipinski definition) is 0. The van der Waals surface area contributed by atoms with Gasteiger partial charge < -0.3 is 4.74 Å². The standard InChI is InChI=1S/C16H19NO2/c1-4-19-16(11(2)3)15(18)13-8-7-12-6-5-9-17-14(12)10-13/h5-11,16H,4H2,1-3H3. The van der Waals surface area contributed by atoms with E-state index in [2.05, 4.69) is 4.98 Å². The number of fused-ring (bicyclic) bond motifs is 1. The Morgan fingerprint density at radius 2 is 2.11 bits per heavy atom. The molecule has 0 aliphatic rings. The van der Waals surface area contributed by atoms with E-state index in [1.807, 2.05) is 51.1 Å². The highest BCUT2D eigenvalue weighted by molar-refractivity contribution is 6.02. The van der Waals surface area contributed by atoms with Crippen LogP contribution in [0.2, 0.25) is 0 Å². The van der Waals surface area contributed by atoms with Crippen molar-refractivity contribution < 1.29 is 9.53 Å². The van der Waals surface area contributed by atoms with E-state index in [-0.39, 0.29) is 17.8 Å². The first-order chi connectivity index (χ1) is 9.13. The van der Waals surface area contributed by atoms with Gasteiger partial charge >= 0.3 is 0 Å². The number of benzene rings is 1. The number of Topliss-reactive ketones (excluding diaryl/α,β-unsaturated/α-hetero) is 1. The van der Waals surface area contributed by atoms with Crippen LogP contribution in [0.3, 0.4) is 0 Å². The van der Waals surface area contributed by atoms with Gasteiger partial charge in [0.05, 0.1) is 5.52 Å². The van der Waals surface area contributed by atoms with Gasteiger partial charge in [0.2, 0.25) is 0 Å². The maximum Gasteiger partial charge on any atom is 0.191 e. The van der Waals surface area contributed by atoms with E-state index in [0.717, 1.165) is 10.9 Å². The first-order valence-electron chi connectivity index (χ1n) is 6.64. The average molecular weight is 257 g/mol. The van der Waals surface area contributed by atoms with Crippen molar-refractivity contribution in [2.24, 2.45) is 5.92 Å². The SMILES string of the molecule is CCOC(C(=O)c1ccc2cccnc2c1)C(C)C. The van der Waals surface area contributed by atoms with Gasteiger partial charge in [0.1, 0.15) is 6.10 Å². The van der Waals surface area contributed by atoms with Crippen molar-refractivity contribution in [1.29, 1.82) is 0 Å². The molecular weight excluding hydrogens is 238 g/mol. The third-order valence-corrected chi connectivity index (χ3v) is 3.10. The van der Waals surface area contributed by atoms with Crippen molar-refractivity contribution in [1.82, 2.24) is 4.98 Å². The monoisotopic (exact) mass is 257 g/mol. The third kappa shape index (κ3) is 2.99. The second-order valence-corrected chi connectivity index (χ2v) is 4.90. The fraction of sp³-hybridized carbons (Fsp3) is 0.375. The molecule has 0 bridgehead atoms. The smallest absolute Gasteiger partial charge is 0.191 e. The second-order valence-electron chi connectivity index (χ2n) is 4.90. The highest BCUT2D eigenvalue weighted by Crippen LogP contribution is 2.18. The van der Waals surface area contributed by atoms with Crippen LogP contribution in [-0.2, 0) is 4.74 Å². The average Bonchev–Trinajstić information content (AvgIpc) is 2.43. The molecule has 2 rings (SSSR count). The zero-order valence-electron chi connectivity index (χ0n) is 11.6. The predicted octanol–water partition coefficient (Wildman–Crippen LogP) is 3.48. The minimum absolute atomic E-state index is 0.0319. The summed E-state index contributed by atoms with van der Waals surface area (Å²) in [5, 5.41) is 1.04. The Bertz CT molecular complexity index is 578. The van der Waals surface area contributed by atoms with Crippen LogP contribution in [-0.4, -0.2) is 23.5 Å². The number of nitrogens with zero attached hydrogens (tertiary/aromatic N) is 1. The summed E-state index contributed by atoms with van der Waals surface area (Å²) in [4.78, 5) is 16.7. The van der Waals surface area contributed by atoms with Crippen LogP contribution >= 0.6 is 0 Å². The molecule has 2 aromatic rings. The Hall–Kier alpha value is -1.74. The molecule has 0 spiro atoms. The fourth-order valence-corrected chi connectivity index (χ4v) is 2.13. The second kappa shape index (κ2) is 5.93. The van der Waals surface area contributed by atoms with E-state index < -0.39 is 0 Å². The van der Waals surface area contributed by atoms with Crippen LogP contribution < -0.4 is 0 Å². The first-order valence-corrected chi connectivity index (χ1v) is 6.64. The summed E-state index contributed by atoms with van der Waals surface area (Å²) in [6.45, 7) is 6.44. The number of aromatic nitrogens is 1. The maximum atomic E-state index is 12.5. The number of ketones is 1. The van der Waals surface area contributed by atoms with Gasteiger partial charge in [0.15, 0.2) is 5.78 Å². The van der Waals surface area contributed by atoms with Crippen LogP contribution in [0.15, 0.2) is 36.5 Å². The third-order valence-electron chi connectivity index (χ3n) is 3.10. The molecule has 1 heterocycles. The molecule has 0 radical (unpaired) electrons. The minimum Gasteiger partial charge on any atom is -0.370 e. The number of carbonyl (C=O) groups is 1. The quantitative estimate of drug-likeness (QED) is 0.770. The normalized spacial score (nSPS) is 12.8. The maximum absolute atomic E-state index is 12.5. The lowest BCUT2D eigenvalue weighted by atomic mass is 9.97. The number of ether oxygens (including phenoxy) is 1. The van der Waals surface area contributed by atoms with E-state index in [1.165, 1.54) is 0 Å². The summed E-state index contributed by atoms with van der Waals surface area (Å²) in [5.41, 5.74) is 1.51. The van der Waals surface area contributed by atoms with Gasteiger partial charge in [-0.1, -0.05) is 32.0 Å². The molecule has 1 aromatic carbocycles. The molecule has 1 unspecified atom stereocenters. The molecule has 19 heavy (non-hydrogen) atoms. The van der Waals surface area contributed by atoms with E-state index in [1.54, 1.807) is 6.20 Å². The summed E-state index contributed by atoms with van der Waals surface area (Å²) in [6, 6.07) is 9.49. The lowest BCUT2D eigenvalue weighted by Crippen LogP contribution is -2.29. The van der Waals surface area contributed by atoms with Crippen LogP contribution in [0.4, 0.5) is 0 Å². The van der Waals surface area contributed by atoms with Gasteiger partial charge in [0, 0.05) is 23.8 Å². The highest BCUT2D eigenvalue weighted by atomic mass is 16.5. The van der Waals surface area contributed by atoms with Crippen LogP contribution in [0.5, 0.6) is 0 Å². The van der Waals surface area contributed by atoms with Gasteiger partial charge in [-0.2, -0.15) is 0 Å². The zero-order valence-corrected chi connectivity index (χ0v) is 11.6. The Labute approximate surface area is 113 Å². The number of pyridine rings is 1. The van der Waals surface area contributed by atoms with Crippen molar-refractivity contribution in [3.8, 4) is 0 Å². The molecule has 100 valence electrons. The minimum atomic E-state index is -0.383. The van der Waals surface area contributed by atoms with Crippen molar-refractivity contribution in [3.63, 3.8) is 0 Å². The topological polar surface area (TPSA) is 39.2 Å². The molecule has 3 nitrogen and oxygen atoms in total. The lowest BCUT2D eigenvalue weighted by Gasteiger charge is -2.19. The zero-order chi connectivity index (χ0) is 13.8. The molecule has 0 saturated carbocycles. The Kier molecular flexibility index (Phi) is 4.27. The summed E-state index contributed by atoms with van der Waals surface area (Å²) in [5.74, 6) is 0.191. The molecule has 0 amide bonds. The summed E-state index contributed by atoms with van der Waals surface area (Å²) < 4.78 is 5.56. The van der Waals surface area contributed by atoms with Crippen molar-refractivity contribution in [3.05, 3.63) is 42.1 Å². The number of hydrogen-bond acceptors (Lipinski definition) is 3. The van der Waals surface area contributed by atoms with Gasteiger partial charge in [-0.25, -0.2) is 0 Å². The highest BCUT2D eigenvalue weighted by Gasteiger charge is 2.23. The molecule has 0 aliphatic carbocycles. The Balaban J connectivity index is 2.34. The molecule has 1 atom stereocenters. The van der Waals surface area contributed by atoms with Crippen LogP contribution in [0.1, 0.15) is 31.1 Å². The summed E-state index contributed by atoms with van der Waals surface area (Å²) >= 11 is 0. The van der Waals surface area contributed by atoms with Gasteiger partial charge in [-0.3, -0.25) is 9.78 Å². The lowest BCUT2D eigenvalue weighted by molar-refractivity contribution is 0.0280. The van der Waals surface area contributed by atoms with Crippen LogP contribution in [0, 0.1) is 5.92 Å². The molecule has 0 fully saturated rings. The molecule has 3 heteroatoms. The summed E-state index contributed by atoms with van der Waals surface area (Å²) in [6.07, 6.45) is 1.35. The largest absolute Gasteiger partial charge is 0.370 e. The predicted molar refractivity (Wildman–Crippen MR) is 76.3 cm³/mol. The van der Waals surface area contributed by atoms with E-state index >= 15 is 0 Å². The Morgan fingerprint density at radius 3 is 2.79 bits per heavy atom. The summed E-state index contributed by atoms with van der Waals surface area (Å²) in [7, 11) is 0. The van der Waals surface area contributed by atoms with E-state index in [9.17, 15) is 4.79 Å². The van der Waals surface area contributed by atoms with E-state index in [0.29, 0.717) is 12.2 Å². The molecule has 0 saturated heterocycles. The molecule has 0 aliphatic heterocycles. The number of rotatable bonds is 5. The van der Waals surface area contributed by atoms with E-state index in [4.69, 9.17) is 4.74 Å². The van der Waals surface area contributed by atoms with Crippen molar-refractivity contribution in [2.45, 2.75) is 26.9 Å². The Morgan fingerprint density at radius 1 is 1.32 bits per heavy atom. The van der Waals surface area contributed by atoms with Crippen LogP contribution in [0.25, 0.3) is 10.9 Å². The van der Waals surface area contributed by atoms with Gasteiger partial charge in [-0.05, 0) is 25.0 Å². The van der Waals surface area contributed by atoms with Crippen molar-refractivity contribution in [2.75, 3.05) is 6.61 Å². The first kappa shape index (κ1) is 13.7. The molecule has 0 N–H and O–H groups in total. The fourth-order valence-electron chi connectivity index (χ4n) is 2.13. The van der Waals surface area contributed by atoms with Gasteiger partial charge in [0.25, 0.3) is 0 Å². The van der Waals surface area contributed by atoms with Crippen molar-refractivity contribution >= 4 is 16.7 Å².